The maximum atomic E-state index is 10.7. The van der Waals surface area contributed by atoms with Crippen LogP contribution in [0.15, 0.2) is 12.4 Å². The zero-order chi connectivity index (χ0) is 12.3. The Morgan fingerprint density at radius 1 is 1.59 bits per heavy atom. The number of carboxylic acids is 1. The molecule has 0 aliphatic heterocycles. The molecule has 17 heavy (non-hydrogen) atoms. The third-order valence-electron chi connectivity index (χ3n) is 2.70. The topological polar surface area (TPSA) is 75.5 Å². The molecule has 0 aromatic carbocycles. The van der Waals surface area contributed by atoms with E-state index < -0.39 is 5.97 Å². The number of ether oxygens (including phenoxy) is 1. The fourth-order valence-corrected chi connectivity index (χ4v) is 1.51. The zero-order valence-corrected chi connectivity index (χ0v) is 9.67. The van der Waals surface area contributed by atoms with Crippen molar-refractivity contribution in [3.63, 3.8) is 0 Å². The first kappa shape index (κ1) is 11.8. The molecule has 0 saturated heterocycles. The molecule has 1 aromatic heterocycles. The number of nitrogens with zero attached hydrogens (tertiary/aromatic N) is 3. The molecule has 0 unspecified atom stereocenters. The molecule has 1 aliphatic carbocycles. The van der Waals surface area contributed by atoms with Crippen LogP contribution < -0.4 is 4.74 Å². The molecule has 0 radical (unpaired) electrons. The molecule has 0 amide bonds. The van der Waals surface area contributed by atoms with Crippen LogP contribution in [0, 0.1) is 0 Å². The van der Waals surface area contributed by atoms with Crippen LogP contribution in [0.4, 0.5) is 0 Å². The van der Waals surface area contributed by atoms with Crippen molar-refractivity contribution in [1.82, 2.24) is 14.9 Å². The molecule has 2 rings (SSSR count). The lowest BCUT2D eigenvalue weighted by Crippen LogP contribution is -2.26. The Kier molecular flexibility index (Phi) is 3.53. The number of likely N-dealkylation sites (N-methyl/N-ethyl adjacent to an activating group) is 1. The highest BCUT2D eigenvalue weighted by atomic mass is 16.5. The van der Waals surface area contributed by atoms with E-state index in [9.17, 15) is 4.79 Å². The molecule has 6 heteroatoms. The highest BCUT2D eigenvalue weighted by Gasteiger charge is 2.25. The lowest BCUT2D eigenvalue weighted by molar-refractivity contribution is 0.0688. The molecule has 1 aliphatic rings. The second-order valence-corrected chi connectivity index (χ2v) is 4.11. The van der Waals surface area contributed by atoms with Crippen molar-refractivity contribution in [1.29, 1.82) is 0 Å². The van der Waals surface area contributed by atoms with Gasteiger partial charge in [-0.15, -0.1) is 0 Å². The fourth-order valence-electron chi connectivity index (χ4n) is 1.51. The summed E-state index contributed by atoms with van der Waals surface area (Å²) in [6.07, 6.45) is 5.13. The van der Waals surface area contributed by atoms with E-state index in [0.717, 1.165) is 6.54 Å². The Morgan fingerprint density at radius 3 is 3.00 bits per heavy atom. The molecule has 1 aromatic rings. The van der Waals surface area contributed by atoms with E-state index in [1.807, 2.05) is 0 Å². The number of carboxylic acid groups (broad SMARTS) is 1. The van der Waals surface area contributed by atoms with E-state index in [2.05, 4.69) is 21.9 Å². The van der Waals surface area contributed by atoms with E-state index in [1.54, 1.807) is 0 Å². The lowest BCUT2D eigenvalue weighted by atomic mass is 10.4. The first-order chi connectivity index (χ1) is 8.16. The van der Waals surface area contributed by atoms with Crippen molar-refractivity contribution in [3.8, 4) is 5.88 Å². The van der Waals surface area contributed by atoms with Crippen molar-refractivity contribution >= 4 is 5.97 Å². The van der Waals surface area contributed by atoms with Crippen molar-refractivity contribution in [2.75, 3.05) is 20.2 Å². The third kappa shape index (κ3) is 3.39. The van der Waals surface area contributed by atoms with E-state index in [1.165, 1.54) is 25.2 Å². The maximum Gasteiger partial charge on any atom is 0.356 e. The van der Waals surface area contributed by atoms with Gasteiger partial charge < -0.3 is 14.7 Å². The molecule has 1 N–H and O–H groups in total. The number of hydrogen-bond donors (Lipinski definition) is 1. The average molecular weight is 237 g/mol. The molecule has 0 bridgehead atoms. The highest BCUT2D eigenvalue weighted by Crippen LogP contribution is 2.24. The van der Waals surface area contributed by atoms with Crippen molar-refractivity contribution < 1.29 is 14.6 Å². The van der Waals surface area contributed by atoms with Gasteiger partial charge in [-0.1, -0.05) is 0 Å². The van der Waals surface area contributed by atoms with Crippen LogP contribution in [0.25, 0.3) is 0 Å². The first-order valence-corrected chi connectivity index (χ1v) is 5.55. The summed E-state index contributed by atoms with van der Waals surface area (Å²) in [6.45, 7) is 1.30. The van der Waals surface area contributed by atoms with Crippen LogP contribution in [0.5, 0.6) is 5.88 Å². The summed E-state index contributed by atoms with van der Waals surface area (Å²) < 4.78 is 5.37. The smallest absolute Gasteiger partial charge is 0.356 e. The summed E-state index contributed by atoms with van der Waals surface area (Å²) >= 11 is 0. The van der Waals surface area contributed by atoms with Crippen LogP contribution in [0.3, 0.4) is 0 Å². The number of aromatic carboxylic acids is 1. The van der Waals surface area contributed by atoms with Gasteiger partial charge in [-0.25, -0.2) is 9.78 Å². The minimum atomic E-state index is -1.10. The maximum absolute atomic E-state index is 10.7. The Morgan fingerprint density at radius 2 is 2.35 bits per heavy atom. The van der Waals surface area contributed by atoms with Crippen molar-refractivity contribution in [2.24, 2.45) is 0 Å². The van der Waals surface area contributed by atoms with Gasteiger partial charge in [0.05, 0.1) is 12.4 Å². The molecule has 0 atom stereocenters. The largest absolute Gasteiger partial charge is 0.476 e. The van der Waals surface area contributed by atoms with Crippen LogP contribution in [-0.2, 0) is 0 Å². The van der Waals surface area contributed by atoms with Crippen LogP contribution in [0.2, 0.25) is 0 Å². The van der Waals surface area contributed by atoms with Crippen molar-refractivity contribution in [2.45, 2.75) is 18.9 Å². The number of hydrogen-bond acceptors (Lipinski definition) is 5. The average Bonchev–Trinajstić information content (AvgIpc) is 3.13. The summed E-state index contributed by atoms with van der Waals surface area (Å²) in [6, 6.07) is 0.690. The monoisotopic (exact) mass is 237 g/mol. The van der Waals surface area contributed by atoms with Gasteiger partial charge in [0.2, 0.25) is 5.88 Å². The summed E-state index contributed by atoms with van der Waals surface area (Å²) in [5, 5.41) is 8.74. The number of aromatic nitrogens is 2. The lowest BCUT2D eigenvalue weighted by Gasteiger charge is -2.15. The molecular weight excluding hydrogens is 222 g/mol. The van der Waals surface area contributed by atoms with E-state index in [0.29, 0.717) is 12.6 Å². The van der Waals surface area contributed by atoms with Crippen molar-refractivity contribution in [3.05, 3.63) is 18.1 Å². The molecule has 1 fully saturated rings. The summed E-state index contributed by atoms with van der Waals surface area (Å²) in [5.41, 5.74) is -0.0990. The molecule has 1 saturated carbocycles. The fraction of sp³-hybridized carbons (Fsp3) is 0.545. The normalized spacial score (nSPS) is 14.9. The van der Waals surface area contributed by atoms with E-state index in [-0.39, 0.29) is 11.6 Å². The molecule has 1 heterocycles. The summed E-state index contributed by atoms with van der Waals surface area (Å²) in [7, 11) is 2.06. The highest BCUT2D eigenvalue weighted by molar-refractivity contribution is 5.84. The second-order valence-electron chi connectivity index (χ2n) is 4.11. The Hall–Kier alpha value is -1.69. The van der Waals surface area contributed by atoms with Crippen LogP contribution in [0.1, 0.15) is 23.3 Å². The number of carbonyl (C=O) groups is 1. The van der Waals surface area contributed by atoms with E-state index in [4.69, 9.17) is 9.84 Å². The minimum absolute atomic E-state index is 0.0990. The van der Waals surface area contributed by atoms with Gasteiger partial charge in [0, 0.05) is 12.6 Å². The minimum Gasteiger partial charge on any atom is -0.476 e. The molecule has 0 spiro atoms. The first-order valence-electron chi connectivity index (χ1n) is 5.55. The van der Waals surface area contributed by atoms with Gasteiger partial charge in [0.1, 0.15) is 6.61 Å². The Labute approximate surface area is 99.2 Å². The third-order valence-corrected chi connectivity index (χ3v) is 2.70. The van der Waals surface area contributed by atoms with E-state index >= 15 is 0 Å². The quantitative estimate of drug-likeness (QED) is 0.782. The second kappa shape index (κ2) is 5.09. The standard InChI is InChI=1S/C11H15N3O3/c1-14(8-2-3-8)4-5-17-10-7-12-6-9(13-10)11(15)16/h6-8H,2-5H2,1H3,(H,15,16). The van der Waals surface area contributed by atoms with Gasteiger partial charge in [-0.2, -0.15) is 0 Å². The molecular formula is C11H15N3O3. The summed E-state index contributed by atoms with van der Waals surface area (Å²) in [4.78, 5) is 20.5. The van der Waals surface area contributed by atoms with Gasteiger partial charge >= 0.3 is 5.97 Å². The van der Waals surface area contributed by atoms with Crippen LogP contribution in [-0.4, -0.2) is 52.2 Å². The number of rotatable bonds is 6. The van der Waals surface area contributed by atoms with Gasteiger partial charge in [0.15, 0.2) is 5.69 Å². The summed E-state index contributed by atoms with van der Waals surface area (Å²) in [5.74, 6) is -0.841. The predicted octanol–water partition coefficient (Wildman–Crippen LogP) is 0.648. The molecule has 6 nitrogen and oxygen atoms in total. The SMILES string of the molecule is CN(CCOc1cncc(C(=O)O)n1)C1CC1. The molecule has 92 valence electrons. The zero-order valence-electron chi connectivity index (χ0n) is 9.67. The van der Waals surface area contributed by atoms with Crippen LogP contribution >= 0.6 is 0 Å². The Balaban J connectivity index is 1.81. The van der Waals surface area contributed by atoms with Gasteiger partial charge in [-0.05, 0) is 19.9 Å². The Bertz CT molecular complexity index is 407. The van der Waals surface area contributed by atoms with Gasteiger partial charge in [0.25, 0.3) is 0 Å². The van der Waals surface area contributed by atoms with Gasteiger partial charge in [-0.3, -0.25) is 4.98 Å². The predicted molar refractivity (Wildman–Crippen MR) is 60.1 cm³/mol.